The normalized spacial score (nSPS) is 12.1. The first kappa shape index (κ1) is 86.9. The Morgan fingerprint density at radius 1 is 0.289 bits per heavy atom. The maximum atomic E-state index is 13.9. The van der Waals surface area contributed by atoms with Gasteiger partial charge in [0.1, 0.15) is 9.79 Å². The highest BCUT2D eigenvalue weighted by Crippen LogP contribution is 2.38. The fourth-order valence-electron chi connectivity index (χ4n) is 10.4. The number of nitrogens with two attached hydrogens (primary N) is 8. The SMILES string of the molecule is Cc1ccc(S(=O)(=O)N(CC(N)=O)CC(N)=O)cc1Nc1nc(Nc2ccc(-c3ccc(Nc4nc(Nc5cc(S(=O)(=O)N(CC(N)=O)CC(N)=O)ccc5C)nc(Nc5cc(S(=O)(=O)N(CC(N)=O)CC(N)=O)ccc5C)n4)cc3S(=O)(=O)O)c(S(=O)(=O)O)c2)nc(Nc2cc(S(=O)(=O)N(CC(N)=O)CC(N)=O)ccc2C)n1. The molecule has 606 valence electrons. The van der Waals surface area contributed by atoms with Crippen molar-refractivity contribution in [2.75, 3.05) is 84.3 Å². The van der Waals surface area contributed by atoms with E-state index in [1.165, 1.54) is 52.0 Å². The smallest absolute Gasteiger partial charge is 0.295 e. The number of sulfonamides is 4. The third kappa shape index (κ3) is 21.9. The van der Waals surface area contributed by atoms with Gasteiger partial charge in [0.25, 0.3) is 20.2 Å². The molecule has 0 radical (unpaired) electrons. The third-order valence-corrected chi connectivity index (χ3v) is 24.6. The van der Waals surface area contributed by atoms with Gasteiger partial charge in [0.05, 0.1) is 71.9 Å². The number of hydrogen-bond donors (Lipinski definition) is 16. The van der Waals surface area contributed by atoms with Gasteiger partial charge in [-0.1, -0.05) is 36.4 Å². The monoisotopic (exact) mass is 1690 g/mol. The van der Waals surface area contributed by atoms with Crippen molar-refractivity contribution >= 4 is 177 Å². The van der Waals surface area contributed by atoms with E-state index in [0.717, 1.165) is 84.9 Å². The molecular weight excluding hydrogens is 1630 g/mol. The molecule has 0 aliphatic heterocycles. The molecular formula is C62H70N24O22S6. The molecule has 0 spiro atoms. The van der Waals surface area contributed by atoms with Crippen LogP contribution in [0.2, 0.25) is 0 Å². The summed E-state index contributed by atoms with van der Waals surface area (Å²) in [4.78, 5) is 118. The lowest BCUT2D eigenvalue weighted by Gasteiger charge is -2.20. The van der Waals surface area contributed by atoms with E-state index < -0.39 is 236 Å². The number of anilines is 12. The molecule has 114 heavy (non-hydrogen) atoms. The average molecular weight is 1700 g/mol. The van der Waals surface area contributed by atoms with Gasteiger partial charge in [-0.3, -0.25) is 47.5 Å². The number of benzene rings is 6. The van der Waals surface area contributed by atoms with Crippen molar-refractivity contribution in [3.63, 3.8) is 0 Å². The minimum atomic E-state index is -5.52. The highest BCUT2D eigenvalue weighted by Gasteiger charge is 2.34. The minimum Gasteiger partial charge on any atom is -0.369 e. The first-order valence-electron chi connectivity index (χ1n) is 32.0. The second-order valence-electron chi connectivity index (χ2n) is 24.5. The molecule has 24 N–H and O–H groups in total. The van der Waals surface area contributed by atoms with Gasteiger partial charge in [-0.25, -0.2) is 33.7 Å². The number of nitrogens with zero attached hydrogens (tertiary/aromatic N) is 10. The lowest BCUT2D eigenvalue weighted by molar-refractivity contribution is -0.121. The molecule has 0 saturated carbocycles. The Hall–Kier alpha value is -12.6. The van der Waals surface area contributed by atoms with Crippen molar-refractivity contribution in [3.8, 4) is 11.1 Å². The van der Waals surface area contributed by atoms with Gasteiger partial charge in [0, 0.05) is 45.3 Å². The zero-order chi connectivity index (χ0) is 84.7. The Kier molecular flexibility index (Phi) is 26.3. The van der Waals surface area contributed by atoms with Crippen LogP contribution in [0.3, 0.4) is 0 Å². The average Bonchev–Trinajstić information content (AvgIpc) is 0.767. The number of nitrogens with one attached hydrogen (secondary N) is 6. The molecule has 0 aliphatic carbocycles. The topological polar surface area (TPSA) is 753 Å². The fraction of sp³-hybridized carbons (Fsp3) is 0.194. The summed E-state index contributed by atoms with van der Waals surface area (Å²) in [5, 5.41) is 16.6. The molecule has 0 bridgehead atoms. The molecule has 52 heteroatoms. The largest absolute Gasteiger partial charge is 0.369 e. The zero-order valence-corrected chi connectivity index (χ0v) is 64.5. The Morgan fingerprint density at radius 2 is 0.474 bits per heavy atom. The van der Waals surface area contributed by atoms with Gasteiger partial charge >= 0.3 is 0 Å². The van der Waals surface area contributed by atoms with Crippen LogP contribution in [-0.2, 0) is 98.7 Å². The van der Waals surface area contributed by atoms with Crippen LogP contribution in [0.4, 0.5) is 69.8 Å². The number of rotatable bonds is 39. The van der Waals surface area contributed by atoms with E-state index in [1.807, 2.05) is 0 Å². The van der Waals surface area contributed by atoms with E-state index in [1.54, 1.807) is 0 Å². The van der Waals surface area contributed by atoms with Crippen LogP contribution in [0.15, 0.2) is 139 Å². The van der Waals surface area contributed by atoms with Gasteiger partial charge in [0.2, 0.25) is 123 Å². The van der Waals surface area contributed by atoms with Crippen LogP contribution in [0.1, 0.15) is 22.3 Å². The molecule has 0 fully saturated rings. The molecule has 2 heterocycles. The maximum Gasteiger partial charge on any atom is 0.295 e. The Bertz CT molecular complexity index is 5310. The molecule has 6 aromatic carbocycles. The molecule has 2 aromatic heterocycles. The van der Waals surface area contributed by atoms with Gasteiger partial charge in [0.15, 0.2) is 0 Å². The summed E-state index contributed by atoms with van der Waals surface area (Å²) in [6.45, 7) is -1.86. The van der Waals surface area contributed by atoms with Gasteiger partial charge in [-0.05, 0) is 123 Å². The maximum absolute atomic E-state index is 13.9. The molecule has 0 saturated heterocycles. The van der Waals surface area contributed by atoms with Gasteiger partial charge < -0.3 is 77.8 Å². The van der Waals surface area contributed by atoms with E-state index in [0.29, 0.717) is 17.2 Å². The Morgan fingerprint density at radius 3 is 0.649 bits per heavy atom. The van der Waals surface area contributed by atoms with Crippen molar-refractivity contribution in [2.24, 2.45) is 45.9 Å². The van der Waals surface area contributed by atoms with Gasteiger partial charge in [-0.15, -0.1) is 0 Å². The molecule has 0 atom stereocenters. The molecule has 46 nitrogen and oxygen atoms in total. The summed E-state index contributed by atoms with van der Waals surface area (Å²) in [6.07, 6.45) is 0. The second kappa shape index (κ2) is 34.5. The number of carbonyl (C=O) groups excluding carboxylic acids is 8. The van der Waals surface area contributed by atoms with Crippen LogP contribution in [0.25, 0.3) is 11.1 Å². The standard InChI is InChI=1S/C62H70N24O22S6/c1-31-5-11-37(109(95,96)83(23-49(63)87)24-50(64)88)19-43(31)73-59-77-57(78-60(81-59)74-44-20-38(12-6-32(44)2)110(97,98)84(25-51(65)89)26-52(66)90)71-35-9-15-41(47(17-35)113(103,104)105)42-16-10-36(18-48(42)114(106,107)108)72-58-79-61(75-45-21-39(13-7-33(45)3)111(99,100)85(27-53(67)91)28-54(68)92)82-62(80-58)76-46-22-40(14-8-34(46)4)112(101,102)86(29-55(69)93)30-56(70)94/h5-22H,23-30H2,1-4H3,(H2,63,87)(H2,64,88)(H2,65,89)(H2,66,90)(H2,67,91)(H2,68,92)(H2,69,93)(H2,70,94)(H,103,104,105)(H,106,107,108)(H3,71,73,74,77,78,81)(H3,72,75,76,79,80,82). The van der Waals surface area contributed by atoms with E-state index in [4.69, 9.17) is 45.9 Å². The van der Waals surface area contributed by atoms with Crippen LogP contribution < -0.4 is 77.8 Å². The van der Waals surface area contributed by atoms with Crippen LogP contribution in [0, 0.1) is 27.7 Å². The van der Waals surface area contributed by atoms with Gasteiger partial charge in [-0.2, -0.15) is 64.0 Å². The van der Waals surface area contributed by atoms with Crippen LogP contribution >= 0.6 is 0 Å². The highest BCUT2D eigenvalue weighted by atomic mass is 32.2. The summed E-state index contributed by atoms with van der Waals surface area (Å²) < 4.78 is 189. The van der Waals surface area contributed by atoms with Crippen molar-refractivity contribution in [1.82, 2.24) is 47.1 Å². The molecule has 0 aliphatic rings. The first-order chi connectivity index (χ1) is 52.9. The Labute approximate surface area is 648 Å². The van der Waals surface area contributed by atoms with Crippen molar-refractivity contribution in [1.29, 1.82) is 0 Å². The number of hydrogen-bond acceptors (Lipinski definition) is 32. The van der Waals surface area contributed by atoms with Crippen molar-refractivity contribution in [2.45, 2.75) is 57.1 Å². The van der Waals surface area contributed by atoms with Crippen LogP contribution in [-0.4, -0.2) is 206 Å². The number of aryl methyl sites for hydroxylation is 4. The highest BCUT2D eigenvalue weighted by molar-refractivity contribution is 7.90. The number of primary amides is 8. The lowest BCUT2D eigenvalue weighted by atomic mass is 10.0. The predicted octanol–water partition coefficient (Wildman–Crippen LogP) is -2.24. The number of carbonyl (C=O) groups is 8. The molecule has 8 aromatic rings. The van der Waals surface area contributed by atoms with Crippen molar-refractivity contribution < 1.29 is 98.0 Å². The molecule has 8 rings (SSSR count). The van der Waals surface area contributed by atoms with E-state index in [9.17, 15) is 98.0 Å². The zero-order valence-electron chi connectivity index (χ0n) is 59.6. The third-order valence-electron chi connectivity index (χ3n) is 15.6. The second-order valence-corrected chi connectivity index (χ2v) is 35.0. The lowest BCUT2D eigenvalue weighted by Crippen LogP contribution is -2.43. The van der Waals surface area contributed by atoms with E-state index in [2.05, 4.69) is 61.8 Å². The summed E-state index contributed by atoms with van der Waals surface area (Å²) in [5.74, 6) is -12.3. The number of aromatic nitrogens is 6. The predicted molar refractivity (Wildman–Crippen MR) is 404 cm³/mol. The summed E-state index contributed by atoms with van der Waals surface area (Å²) in [7, 11) is -30.1. The summed E-state index contributed by atoms with van der Waals surface area (Å²) >= 11 is 0. The summed E-state index contributed by atoms with van der Waals surface area (Å²) in [6, 6.07) is 19.4. The van der Waals surface area contributed by atoms with E-state index >= 15 is 0 Å². The Balaban J connectivity index is 1.23. The molecule has 8 amide bonds. The fourth-order valence-corrected chi connectivity index (χ4v) is 17.4. The summed E-state index contributed by atoms with van der Waals surface area (Å²) in [5.41, 5.74) is 41.3. The number of amides is 8. The van der Waals surface area contributed by atoms with Crippen LogP contribution in [0.5, 0.6) is 0 Å². The quantitative estimate of drug-likeness (QED) is 0.0181. The van der Waals surface area contributed by atoms with Crippen molar-refractivity contribution in [3.05, 3.63) is 131 Å². The minimum absolute atomic E-state index is 0.0819. The first-order valence-corrected chi connectivity index (χ1v) is 40.6. The van der Waals surface area contributed by atoms with E-state index in [-0.39, 0.29) is 56.4 Å². The molecule has 0 unspecified atom stereocenters.